The maximum atomic E-state index is 13.0. The van der Waals surface area contributed by atoms with Crippen LogP contribution in [0.15, 0.2) is 82.0 Å². The van der Waals surface area contributed by atoms with Gasteiger partial charge in [0.1, 0.15) is 5.69 Å². The van der Waals surface area contributed by atoms with Gasteiger partial charge in [0.15, 0.2) is 6.04 Å². The van der Waals surface area contributed by atoms with Gasteiger partial charge in [0, 0.05) is 15.8 Å². The van der Waals surface area contributed by atoms with E-state index in [0.29, 0.717) is 16.3 Å². The van der Waals surface area contributed by atoms with Crippen LogP contribution < -0.4 is 16.3 Å². The van der Waals surface area contributed by atoms with Gasteiger partial charge in [-0.1, -0.05) is 42.5 Å². The molecule has 2 aromatic carbocycles. The van der Waals surface area contributed by atoms with E-state index in [0.717, 1.165) is 4.88 Å². The summed E-state index contributed by atoms with van der Waals surface area (Å²) < 4.78 is 0. The second-order valence-electron chi connectivity index (χ2n) is 6.51. The highest BCUT2D eigenvalue weighted by Crippen LogP contribution is 2.20. The fourth-order valence-electron chi connectivity index (χ4n) is 3.01. The average Bonchev–Trinajstić information content (AvgIpc) is 3.32. The Morgan fingerprint density at radius 1 is 1.00 bits per heavy atom. The van der Waals surface area contributed by atoms with Crippen LogP contribution in [0.4, 0.5) is 0 Å². The van der Waals surface area contributed by atoms with Gasteiger partial charge in [0.2, 0.25) is 0 Å². The third-order valence-corrected chi connectivity index (χ3v) is 5.29. The molecule has 0 spiro atoms. The molecule has 0 radical (unpaired) electrons. The van der Waals surface area contributed by atoms with E-state index in [1.807, 2.05) is 17.5 Å². The van der Waals surface area contributed by atoms with E-state index < -0.39 is 17.9 Å². The lowest BCUT2D eigenvalue weighted by molar-refractivity contribution is -0.123. The zero-order chi connectivity index (χ0) is 21.6. The molecule has 0 unspecified atom stereocenters. The first-order valence-corrected chi connectivity index (χ1v) is 10.2. The molecule has 1 atom stereocenters. The highest BCUT2D eigenvalue weighted by Gasteiger charge is 2.27. The molecule has 0 aliphatic heterocycles. The molecule has 2 heterocycles. The number of aromatic nitrogens is 2. The summed E-state index contributed by atoms with van der Waals surface area (Å²) in [4.78, 5) is 38.8. The molecule has 154 valence electrons. The van der Waals surface area contributed by atoms with E-state index in [2.05, 4.69) is 26.0 Å². The molecule has 0 fully saturated rings. The van der Waals surface area contributed by atoms with Gasteiger partial charge in [-0.3, -0.25) is 14.4 Å². The van der Waals surface area contributed by atoms with Gasteiger partial charge < -0.3 is 5.32 Å². The molecular formula is C22H17N5O3S. The molecule has 4 aromatic rings. The Kier molecular flexibility index (Phi) is 5.95. The van der Waals surface area contributed by atoms with Gasteiger partial charge in [-0.2, -0.15) is 10.2 Å². The molecular weight excluding hydrogens is 414 g/mol. The maximum Gasteiger partial charge on any atom is 0.272 e. The molecule has 4 rings (SSSR count). The van der Waals surface area contributed by atoms with Crippen molar-refractivity contribution in [1.29, 1.82) is 0 Å². The molecule has 8 nitrogen and oxygen atoms in total. The molecule has 9 heteroatoms. The van der Waals surface area contributed by atoms with Gasteiger partial charge in [0.05, 0.1) is 11.6 Å². The Morgan fingerprint density at radius 2 is 1.74 bits per heavy atom. The van der Waals surface area contributed by atoms with Crippen molar-refractivity contribution in [3.63, 3.8) is 0 Å². The zero-order valence-corrected chi connectivity index (χ0v) is 16.9. The Balaban J connectivity index is 1.69. The number of hydrogen-bond donors (Lipinski definition) is 3. The number of fused-ring (bicyclic) bond motifs is 1. The number of carbonyl (C=O) groups is 2. The van der Waals surface area contributed by atoms with Crippen LogP contribution in [0.2, 0.25) is 0 Å². The lowest BCUT2D eigenvalue weighted by Gasteiger charge is -2.18. The van der Waals surface area contributed by atoms with Gasteiger partial charge in [-0.05, 0) is 29.6 Å². The molecule has 0 aliphatic carbocycles. The highest BCUT2D eigenvalue weighted by atomic mass is 32.1. The predicted molar refractivity (Wildman–Crippen MR) is 119 cm³/mol. The summed E-state index contributed by atoms with van der Waals surface area (Å²) in [7, 11) is 0. The minimum atomic E-state index is -1.19. The van der Waals surface area contributed by atoms with Crippen molar-refractivity contribution in [3.05, 3.63) is 98.6 Å². The first-order chi connectivity index (χ1) is 15.1. The SMILES string of the molecule is O=C(N[C@H](C(=O)N/N=C\c1cccs1)c1n[nH]c(=O)c2ccccc12)c1ccccc1. The minimum Gasteiger partial charge on any atom is -0.335 e. The molecule has 0 saturated heterocycles. The number of H-pyrrole nitrogens is 1. The molecule has 0 bridgehead atoms. The van der Waals surface area contributed by atoms with Crippen molar-refractivity contribution in [2.75, 3.05) is 0 Å². The van der Waals surface area contributed by atoms with Crippen LogP contribution in [0.25, 0.3) is 10.8 Å². The summed E-state index contributed by atoms with van der Waals surface area (Å²) in [6.45, 7) is 0. The highest BCUT2D eigenvalue weighted by molar-refractivity contribution is 7.11. The quantitative estimate of drug-likeness (QED) is 0.321. The van der Waals surface area contributed by atoms with E-state index in [-0.39, 0.29) is 11.3 Å². The summed E-state index contributed by atoms with van der Waals surface area (Å²) in [5, 5.41) is 15.9. The van der Waals surface area contributed by atoms with E-state index in [9.17, 15) is 14.4 Å². The van der Waals surface area contributed by atoms with E-state index in [4.69, 9.17) is 0 Å². The van der Waals surface area contributed by atoms with Crippen molar-refractivity contribution in [1.82, 2.24) is 20.9 Å². The van der Waals surface area contributed by atoms with Crippen LogP contribution in [0, 0.1) is 0 Å². The number of amides is 2. The molecule has 0 saturated carbocycles. The normalized spacial score (nSPS) is 12.0. The van der Waals surface area contributed by atoms with Crippen LogP contribution in [-0.2, 0) is 4.79 Å². The summed E-state index contributed by atoms with van der Waals surface area (Å²) in [5.74, 6) is -1.05. The van der Waals surface area contributed by atoms with Crippen molar-refractivity contribution in [3.8, 4) is 0 Å². The van der Waals surface area contributed by atoms with Crippen LogP contribution in [0.3, 0.4) is 0 Å². The Hall–Kier alpha value is -4.11. The van der Waals surface area contributed by atoms with Crippen molar-refractivity contribution >= 4 is 40.1 Å². The van der Waals surface area contributed by atoms with Crippen LogP contribution in [-0.4, -0.2) is 28.2 Å². The smallest absolute Gasteiger partial charge is 0.272 e. The summed E-state index contributed by atoms with van der Waals surface area (Å²) in [5.41, 5.74) is 2.66. The molecule has 31 heavy (non-hydrogen) atoms. The number of nitrogens with zero attached hydrogens (tertiary/aromatic N) is 2. The topological polar surface area (TPSA) is 116 Å². The summed E-state index contributed by atoms with van der Waals surface area (Å²) >= 11 is 1.47. The van der Waals surface area contributed by atoms with Gasteiger partial charge in [-0.15, -0.1) is 11.3 Å². The fourth-order valence-corrected chi connectivity index (χ4v) is 3.59. The van der Waals surface area contributed by atoms with Crippen molar-refractivity contribution < 1.29 is 9.59 Å². The number of carbonyl (C=O) groups excluding carboxylic acids is 2. The molecule has 0 aliphatic rings. The number of thiophene rings is 1. The zero-order valence-electron chi connectivity index (χ0n) is 16.1. The van der Waals surface area contributed by atoms with Gasteiger partial charge in [0.25, 0.3) is 17.4 Å². The number of benzene rings is 2. The van der Waals surface area contributed by atoms with Crippen LogP contribution in [0.5, 0.6) is 0 Å². The Bertz CT molecular complexity index is 1300. The fraction of sp³-hybridized carbons (Fsp3) is 0.0455. The monoisotopic (exact) mass is 431 g/mol. The first-order valence-electron chi connectivity index (χ1n) is 9.33. The minimum absolute atomic E-state index is 0.211. The van der Waals surface area contributed by atoms with E-state index >= 15 is 0 Å². The van der Waals surface area contributed by atoms with Crippen molar-refractivity contribution in [2.45, 2.75) is 6.04 Å². The second kappa shape index (κ2) is 9.14. The maximum absolute atomic E-state index is 13.0. The third-order valence-electron chi connectivity index (χ3n) is 4.48. The number of aromatic amines is 1. The standard InChI is InChI=1S/C22H17N5O3S/c28-20(14-7-2-1-3-8-14)24-19(22(30)26-23-13-15-9-6-12-31-15)18-16-10-4-5-11-17(16)21(29)27-25-18/h1-13,19H,(H,24,28)(H,26,30)(H,27,29)/b23-13-/t19-/m0/s1. The number of nitrogens with one attached hydrogen (secondary N) is 3. The number of rotatable bonds is 6. The van der Waals surface area contributed by atoms with E-state index in [1.165, 1.54) is 17.6 Å². The first kappa shape index (κ1) is 20.2. The average molecular weight is 431 g/mol. The molecule has 3 N–H and O–H groups in total. The second-order valence-corrected chi connectivity index (χ2v) is 7.48. The van der Waals surface area contributed by atoms with Crippen LogP contribution >= 0.6 is 11.3 Å². The third kappa shape index (κ3) is 4.57. The number of hydrazone groups is 1. The van der Waals surface area contributed by atoms with Crippen molar-refractivity contribution in [2.24, 2.45) is 5.10 Å². The molecule has 2 aromatic heterocycles. The lowest BCUT2D eigenvalue weighted by Crippen LogP contribution is -2.40. The summed E-state index contributed by atoms with van der Waals surface area (Å²) in [6, 6.07) is 17.8. The van der Waals surface area contributed by atoms with Crippen LogP contribution in [0.1, 0.15) is 27.0 Å². The predicted octanol–water partition coefficient (Wildman–Crippen LogP) is 2.61. The van der Waals surface area contributed by atoms with Gasteiger partial charge >= 0.3 is 0 Å². The largest absolute Gasteiger partial charge is 0.335 e. The Morgan fingerprint density at radius 3 is 2.48 bits per heavy atom. The lowest BCUT2D eigenvalue weighted by atomic mass is 10.0. The summed E-state index contributed by atoms with van der Waals surface area (Å²) in [6.07, 6.45) is 1.51. The number of hydrogen-bond acceptors (Lipinski definition) is 6. The Labute approximate surface area is 180 Å². The van der Waals surface area contributed by atoms with E-state index in [1.54, 1.807) is 54.6 Å². The van der Waals surface area contributed by atoms with Gasteiger partial charge in [-0.25, -0.2) is 10.5 Å². The molecule has 2 amide bonds.